The van der Waals surface area contributed by atoms with E-state index in [1.165, 1.54) is 25.3 Å². The molecule has 2 aromatic carbocycles. The minimum atomic E-state index is -4.78. The van der Waals surface area contributed by atoms with Gasteiger partial charge in [-0.3, -0.25) is 14.6 Å². The molecule has 1 aromatic heterocycles. The number of aromatic nitrogens is 1. The van der Waals surface area contributed by atoms with Crippen molar-refractivity contribution < 1.29 is 46.1 Å². The van der Waals surface area contributed by atoms with Crippen molar-refractivity contribution in [1.82, 2.24) is 9.80 Å². The Morgan fingerprint density at radius 2 is 1.74 bits per heavy atom. The van der Waals surface area contributed by atoms with Gasteiger partial charge in [0, 0.05) is 62.0 Å². The molecule has 0 N–H and O–H groups in total. The van der Waals surface area contributed by atoms with Gasteiger partial charge in [0.05, 0.1) is 18.4 Å². The molecule has 10 nitrogen and oxygen atoms in total. The Morgan fingerprint density at radius 1 is 1.02 bits per heavy atom. The molecule has 0 radical (unpaired) electrons. The number of alkyl halides is 3. The van der Waals surface area contributed by atoms with Gasteiger partial charge in [0.15, 0.2) is 17.8 Å². The van der Waals surface area contributed by atoms with E-state index in [9.17, 15) is 28.0 Å². The Labute approximate surface area is 268 Å². The molecule has 0 aliphatic carbocycles. The molecule has 0 spiro atoms. The van der Waals surface area contributed by atoms with Gasteiger partial charge in [0.25, 0.3) is 5.91 Å². The zero-order valence-corrected chi connectivity index (χ0v) is 25.7. The molecule has 250 valence electrons. The molecular weight excluding hydrogens is 624 g/mol. The number of likely N-dealkylation sites (tertiary alicyclic amines) is 2. The molecule has 3 aliphatic heterocycles. The highest BCUT2D eigenvalue weighted by Gasteiger charge is 2.43. The van der Waals surface area contributed by atoms with Gasteiger partial charge in [0.2, 0.25) is 0 Å². The monoisotopic (exact) mass is 658 g/mol. The van der Waals surface area contributed by atoms with E-state index in [0.29, 0.717) is 51.9 Å². The normalized spacial score (nSPS) is 18.1. The lowest BCUT2D eigenvalue weighted by atomic mass is 10.00. The van der Waals surface area contributed by atoms with Crippen LogP contribution >= 0.6 is 0 Å². The highest BCUT2D eigenvalue weighted by atomic mass is 19.4. The Morgan fingerprint density at radius 3 is 2.45 bits per heavy atom. The number of piperidine rings is 2. The number of cyclic esters (lactones) is 1. The fraction of sp³-hybridized carbons (Fsp3) is 0.424. The number of rotatable bonds is 7. The average Bonchev–Trinajstić information content (AvgIpc) is 3.05. The van der Waals surface area contributed by atoms with Crippen LogP contribution in [0.25, 0.3) is 0 Å². The molecule has 0 atom stereocenters. The lowest BCUT2D eigenvalue weighted by Crippen LogP contribution is -2.50. The number of carbonyl (C=O) groups excluding carboxylic acids is 2. The van der Waals surface area contributed by atoms with Crippen LogP contribution < -0.4 is 19.1 Å². The Balaban J connectivity index is 1.06. The maximum absolute atomic E-state index is 15.3. The standard InChI is InChI=1S/C33H34F4N4O6/c1-45-28-18-29(47-24-10-13-38(14-11-24)19-21-6-4-12-40(44)30(21)33(35,36)37)26(34)17-25(28)31(42)39-15-8-23(9-16-39)41-27-7-3-2-5-22(27)20-46-32(41)43/h2-7,12,17-18,23-24H,8-11,13-16,19-20H2,1H3. The topological polar surface area (TPSA) is 98.5 Å². The molecule has 6 rings (SSSR count). The first-order valence-corrected chi connectivity index (χ1v) is 15.4. The molecule has 3 aliphatic rings. The Bertz CT molecular complexity index is 1640. The van der Waals surface area contributed by atoms with E-state index in [0.717, 1.165) is 23.5 Å². The molecule has 2 fully saturated rings. The minimum absolute atomic E-state index is 0.0484. The Hall–Kier alpha value is -4.59. The lowest BCUT2D eigenvalue weighted by Gasteiger charge is -2.40. The van der Waals surface area contributed by atoms with Gasteiger partial charge in [-0.15, -0.1) is 0 Å². The predicted molar refractivity (Wildman–Crippen MR) is 160 cm³/mol. The summed E-state index contributed by atoms with van der Waals surface area (Å²) < 4.78 is 72.3. The van der Waals surface area contributed by atoms with E-state index in [2.05, 4.69) is 0 Å². The highest BCUT2D eigenvalue weighted by molar-refractivity contribution is 5.97. The number of hydrogen-bond acceptors (Lipinski definition) is 7. The molecule has 2 saturated heterocycles. The van der Waals surface area contributed by atoms with Crippen molar-refractivity contribution in [2.45, 2.75) is 57.2 Å². The van der Waals surface area contributed by atoms with Crippen LogP contribution in [0.1, 0.15) is 52.9 Å². The molecule has 47 heavy (non-hydrogen) atoms. The Kier molecular flexibility index (Phi) is 9.13. The summed E-state index contributed by atoms with van der Waals surface area (Å²) in [5.74, 6) is -1.08. The molecule has 0 unspecified atom stereocenters. The van der Waals surface area contributed by atoms with E-state index in [1.54, 1.807) is 14.7 Å². The smallest absolute Gasteiger partial charge is 0.479 e. The van der Waals surface area contributed by atoms with Crippen LogP contribution in [0.3, 0.4) is 0 Å². The molecule has 0 bridgehead atoms. The summed E-state index contributed by atoms with van der Waals surface area (Å²) in [6.45, 7) is 1.61. The number of halogens is 4. The van der Waals surface area contributed by atoms with Crippen molar-refractivity contribution in [2.24, 2.45) is 0 Å². The number of carbonyl (C=O) groups is 2. The number of anilines is 1. The third-order valence-corrected chi connectivity index (χ3v) is 8.93. The summed E-state index contributed by atoms with van der Waals surface area (Å²) in [4.78, 5) is 31.2. The van der Waals surface area contributed by atoms with Crippen LogP contribution in [-0.2, 0) is 24.1 Å². The summed E-state index contributed by atoms with van der Waals surface area (Å²) >= 11 is 0. The molecular formula is C33H34F4N4O6. The van der Waals surface area contributed by atoms with E-state index < -0.39 is 35.8 Å². The van der Waals surface area contributed by atoms with Crippen LogP contribution in [0.15, 0.2) is 54.7 Å². The second kappa shape index (κ2) is 13.3. The summed E-state index contributed by atoms with van der Waals surface area (Å²) in [6.07, 6.45) is -2.93. The number of amides is 2. The van der Waals surface area contributed by atoms with Gasteiger partial charge in [-0.2, -0.15) is 17.9 Å². The first kappa shape index (κ1) is 32.4. The SMILES string of the molecule is COc1cc(OC2CCN(Cc3ccc[n+]([O-])c3C(F)(F)F)CC2)c(F)cc1C(=O)N1CCC(N2C(=O)OCc3ccccc32)CC1. The summed E-state index contributed by atoms with van der Waals surface area (Å²) in [7, 11) is 1.38. The second-order valence-electron chi connectivity index (χ2n) is 11.9. The first-order chi connectivity index (χ1) is 22.5. The zero-order chi connectivity index (χ0) is 33.3. The molecule has 4 heterocycles. The number of nitrogens with zero attached hydrogens (tertiary/aromatic N) is 4. The zero-order valence-electron chi connectivity index (χ0n) is 25.7. The average molecular weight is 659 g/mol. The van der Waals surface area contributed by atoms with Gasteiger partial charge in [-0.1, -0.05) is 18.2 Å². The third kappa shape index (κ3) is 6.78. The summed E-state index contributed by atoms with van der Waals surface area (Å²) in [5, 5.41) is 11.8. The van der Waals surface area contributed by atoms with Gasteiger partial charge in [0.1, 0.15) is 18.5 Å². The minimum Gasteiger partial charge on any atom is -0.618 e. The second-order valence-corrected chi connectivity index (χ2v) is 11.9. The molecule has 14 heteroatoms. The maximum Gasteiger partial charge on any atom is 0.479 e. The predicted octanol–water partition coefficient (Wildman–Crippen LogP) is 5.29. The largest absolute Gasteiger partial charge is 0.618 e. The van der Waals surface area contributed by atoms with Crippen LogP contribution in [0.5, 0.6) is 11.5 Å². The van der Waals surface area contributed by atoms with Gasteiger partial charge >= 0.3 is 18.0 Å². The third-order valence-electron chi connectivity index (χ3n) is 8.93. The maximum atomic E-state index is 15.3. The highest BCUT2D eigenvalue weighted by Crippen LogP contribution is 2.35. The summed E-state index contributed by atoms with van der Waals surface area (Å²) in [6, 6.07) is 12.4. The quantitative estimate of drug-likeness (QED) is 0.193. The number of para-hydroxylation sites is 1. The lowest BCUT2D eigenvalue weighted by molar-refractivity contribution is -0.629. The van der Waals surface area contributed by atoms with Crippen molar-refractivity contribution in [3.05, 3.63) is 88.1 Å². The number of benzene rings is 2. The summed E-state index contributed by atoms with van der Waals surface area (Å²) in [5.41, 5.74) is 0.427. The first-order valence-electron chi connectivity index (χ1n) is 15.4. The van der Waals surface area contributed by atoms with Crippen LogP contribution in [-0.4, -0.2) is 67.2 Å². The number of fused-ring (bicyclic) bond motifs is 1. The van der Waals surface area contributed by atoms with Crippen molar-refractivity contribution >= 4 is 17.7 Å². The number of methoxy groups -OCH3 is 1. The number of hydrogen-bond donors (Lipinski definition) is 0. The molecule has 0 saturated carbocycles. The van der Waals surface area contributed by atoms with E-state index in [-0.39, 0.29) is 46.5 Å². The van der Waals surface area contributed by atoms with Gasteiger partial charge < -0.3 is 24.3 Å². The van der Waals surface area contributed by atoms with Crippen LogP contribution in [0, 0.1) is 11.0 Å². The number of pyridine rings is 1. The van der Waals surface area contributed by atoms with Gasteiger partial charge in [-0.05, 0) is 43.9 Å². The van der Waals surface area contributed by atoms with Crippen molar-refractivity contribution in [1.29, 1.82) is 0 Å². The van der Waals surface area contributed by atoms with E-state index in [4.69, 9.17) is 14.2 Å². The van der Waals surface area contributed by atoms with E-state index >= 15 is 4.39 Å². The van der Waals surface area contributed by atoms with E-state index in [1.807, 2.05) is 24.3 Å². The van der Waals surface area contributed by atoms with Crippen molar-refractivity contribution in [3.63, 3.8) is 0 Å². The van der Waals surface area contributed by atoms with Gasteiger partial charge in [-0.25, -0.2) is 9.18 Å². The number of ether oxygens (including phenoxy) is 3. The van der Waals surface area contributed by atoms with Crippen molar-refractivity contribution in [2.75, 3.05) is 38.2 Å². The van der Waals surface area contributed by atoms with Crippen molar-refractivity contribution in [3.8, 4) is 11.5 Å². The fourth-order valence-corrected chi connectivity index (χ4v) is 6.55. The molecule has 2 amide bonds. The molecule has 3 aromatic rings. The fourth-order valence-electron chi connectivity index (χ4n) is 6.55. The van der Waals surface area contributed by atoms with Crippen LogP contribution in [0.4, 0.5) is 28.0 Å². The van der Waals surface area contributed by atoms with Crippen LogP contribution in [0.2, 0.25) is 0 Å².